The molecule has 1 heterocycles. The van der Waals surface area contributed by atoms with Crippen LogP contribution in [0.3, 0.4) is 0 Å². The van der Waals surface area contributed by atoms with Gasteiger partial charge in [0.05, 0.1) is 6.20 Å². The number of carbonyl (C=O) groups is 1. The molecule has 0 unspecified atom stereocenters. The Hall–Kier alpha value is -2.56. The SMILES string of the molecule is CC(C)CCNCc1ccc(Oc2ccc(C(=O)NCS(=O)(=O)O)nc2)c(F)c1. The predicted molar refractivity (Wildman–Crippen MR) is 106 cm³/mol. The normalized spacial score (nSPS) is 11.5. The summed E-state index contributed by atoms with van der Waals surface area (Å²) < 4.78 is 49.6. The van der Waals surface area contributed by atoms with Crippen LogP contribution in [-0.4, -0.2) is 36.3 Å². The molecule has 0 bridgehead atoms. The van der Waals surface area contributed by atoms with Crippen LogP contribution in [0.25, 0.3) is 0 Å². The summed E-state index contributed by atoms with van der Waals surface area (Å²) >= 11 is 0. The predicted octanol–water partition coefficient (Wildman–Crippen LogP) is 2.72. The fourth-order valence-corrected chi connectivity index (χ4v) is 2.62. The van der Waals surface area contributed by atoms with E-state index in [9.17, 15) is 17.6 Å². The van der Waals surface area contributed by atoms with Crippen molar-refractivity contribution in [2.24, 2.45) is 5.92 Å². The third-order valence-electron chi connectivity index (χ3n) is 3.84. The lowest BCUT2D eigenvalue weighted by atomic mass is 10.1. The molecule has 1 amide bonds. The number of aromatic nitrogens is 1. The average molecular weight is 425 g/mol. The lowest BCUT2D eigenvalue weighted by molar-refractivity contribution is 0.0954. The van der Waals surface area contributed by atoms with E-state index in [1.54, 1.807) is 6.07 Å². The van der Waals surface area contributed by atoms with Gasteiger partial charge >= 0.3 is 0 Å². The monoisotopic (exact) mass is 425 g/mol. The fourth-order valence-electron chi connectivity index (χ4n) is 2.31. The maximum Gasteiger partial charge on any atom is 0.283 e. The first-order valence-corrected chi connectivity index (χ1v) is 10.6. The van der Waals surface area contributed by atoms with Gasteiger partial charge in [0.25, 0.3) is 16.0 Å². The molecule has 1 aromatic heterocycles. The number of halogens is 1. The first kappa shape index (κ1) is 22.7. The molecule has 0 fully saturated rings. The summed E-state index contributed by atoms with van der Waals surface area (Å²) in [5.74, 6) is -1.41. The Kier molecular flexibility index (Phi) is 8.06. The molecule has 2 rings (SSSR count). The van der Waals surface area contributed by atoms with Gasteiger partial charge in [0.1, 0.15) is 17.3 Å². The van der Waals surface area contributed by atoms with Gasteiger partial charge in [-0.3, -0.25) is 9.35 Å². The highest BCUT2D eigenvalue weighted by Gasteiger charge is 2.12. The summed E-state index contributed by atoms with van der Waals surface area (Å²) in [7, 11) is -4.33. The minimum Gasteiger partial charge on any atom is -0.453 e. The number of pyridine rings is 1. The van der Waals surface area contributed by atoms with Gasteiger partial charge < -0.3 is 15.4 Å². The molecule has 158 valence electrons. The van der Waals surface area contributed by atoms with E-state index in [4.69, 9.17) is 9.29 Å². The molecule has 29 heavy (non-hydrogen) atoms. The van der Waals surface area contributed by atoms with E-state index in [0.717, 1.165) is 18.5 Å². The van der Waals surface area contributed by atoms with Crippen LogP contribution < -0.4 is 15.4 Å². The molecule has 10 heteroatoms. The summed E-state index contributed by atoms with van der Waals surface area (Å²) in [5, 5.41) is 5.26. The van der Waals surface area contributed by atoms with Crippen LogP contribution in [0.1, 0.15) is 36.3 Å². The van der Waals surface area contributed by atoms with Gasteiger partial charge in [-0.1, -0.05) is 19.9 Å². The van der Waals surface area contributed by atoms with Crippen LogP contribution in [-0.2, 0) is 16.7 Å². The molecule has 0 radical (unpaired) electrons. The number of hydrogen-bond donors (Lipinski definition) is 3. The fraction of sp³-hybridized carbons (Fsp3) is 0.368. The Labute approximate surface area is 169 Å². The minimum atomic E-state index is -4.33. The topological polar surface area (TPSA) is 118 Å². The Morgan fingerprint density at radius 2 is 2.03 bits per heavy atom. The number of amides is 1. The smallest absolute Gasteiger partial charge is 0.283 e. The van der Waals surface area contributed by atoms with Crippen molar-refractivity contribution < 1.29 is 26.9 Å². The molecule has 3 N–H and O–H groups in total. The van der Waals surface area contributed by atoms with E-state index in [1.165, 1.54) is 30.5 Å². The Balaban J connectivity index is 1.93. The van der Waals surface area contributed by atoms with Gasteiger partial charge in [0, 0.05) is 6.54 Å². The van der Waals surface area contributed by atoms with E-state index in [0.29, 0.717) is 12.5 Å². The van der Waals surface area contributed by atoms with Crippen LogP contribution in [0.2, 0.25) is 0 Å². The molecular formula is C19H24FN3O5S. The number of rotatable bonds is 10. The summed E-state index contributed by atoms with van der Waals surface area (Å²) in [6, 6.07) is 7.35. The number of nitrogens with zero attached hydrogens (tertiary/aromatic N) is 1. The van der Waals surface area contributed by atoms with Gasteiger partial charge in [-0.05, 0) is 48.7 Å². The second-order valence-electron chi connectivity index (χ2n) is 6.84. The molecule has 0 aliphatic heterocycles. The molecule has 0 saturated heterocycles. The van der Waals surface area contributed by atoms with E-state index in [2.05, 4.69) is 24.1 Å². The molecule has 0 aliphatic carbocycles. The molecule has 0 atom stereocenters. The molecule has 0 saturated carbocycles. The second kappa shape index (κ2) is 10.3. The van der Waals surface area contributed by atoms with Crippen LogP contribution in [0.4, 0.5) is 4.39 Å². The standard InChI is InChI=1S/C19H24FN3O5S/c1-13(2)7-8-21-10-14-3-6-18(16(20)9-14)28-15-4-5-17(22-11-15)19(24)23-12-29(25,26)27/h3-6,9,11,13,21H,7-8,10,12H2,1-2H3,(H,23,24)(H,25,26,27). The summed E-state index contributed by atoms with van der Waals surface area (Å²) in [5.41, 5.74) is 0.715. The maximum atomic E-state index is 14.3. The maximum absolute atomic E-state index is 14.3. The summed E-state index contributed by atoms with van der Waals surface area (Å²) in [6.45, 7) is 5.69. The van der Waals surface area contributed by atoms with Crippen molar-refractivity contribution >= 4 is 16.0 Å². The van der Waals surface area contributed by atoms with Crippen molar-refractivity contribution in [2.75, 3.05) is 12.4 Å². The number of benzene rings is 1. The van der Waals surface area contributed by atoms with Crippen molar-refractivity contribution in [3.63, 3.8) is 0 Å². The molecule has 2 aromatic rings. The van der Waals surface area contributed by atoms with Gasteiger partial charge in [0.15, 0.2) is 11.6 Å². The van der Waals surface area contributed by atoms with Crippen LogP contribution in [0.15, 0.2) is 36.5 Å². The van der Waals surface area contributed by atoms with Crippen molar-refractivity contribution in [1.29, 1.82) is 0 Å². The van der Waals surface area contributed by atoms with E-state index in [-0.39, 0.29) is 17.2 Å². The van der Waals surface area contributed by atoms with E-state index < -0.39 is 27.7 Å². The van der Waals surface area contributed by atoms with Crippen molar-refractivity contribution in [3.8, 4) is 11.5 Å². The largest absolute Gasteiger partial charge is 0.453 e. The average Bonchev–Trinajstić information content (AvgIpc) is 2.65. The van der Waals surface area contributed by atoms with Crippen molar-refractivity contribution in [3.05, 3.63) is 53.6 Å². The molecule has 0 aliphatic rings. The van der Waals surface area contributed by atoms with E-state index >= 15 is 0 Å². The van der Waals surface area contributed by atoms with E-state index in [1.807, 2.05) is 5.32 Å². The van der Waals surface area contributed by atoms with Gasteiger partial charge in [0.2, 0.25) is 0 Å². The Morgan fingerprint density at radius 1 is 1.28 bits per heavy atom. The van der Waals surface area contributed by atoms with Gasteiger partial charge in [-0.25, -0.2) is 9.37 Å². The van der Waals surface area contributed by atoms with Crippen LogP contribution in [0, 0.1) is 11.7 Å². The Bertz CT molecular complexity index is 933. The number of nitrogens with one attached hydrogen (secondary N) is 2. The third kappa shape index (κ3) is 8.14. The third-order valence-corrected chi connectivity index (χ3v) is 4.34. The first-order valence-electron chi connectivity index (χ1n) is 9.00. The number of hydrogen-bond acceptors (Lipinski definition) is 6. The summed E-state index contributed by atoms with van der Waals surface area (Å²) in [4.78, 5) is 15.6. The minimum absolute atomic E-state index is 0.0151. The number of ether oxygens (including phenoxy) is 1. The van der Waals surface area contributed by atoms with Crippen LogP contribution in [0.5, 0.6) is 11.5 Å². The molecule has 0 spiro atoms. The van der Waals surface area contributed by atoms with Crippen molar-refractivity contribution in [1.82, 2.24) is 15.6 Å². The Morgan fingerprint density at radius 3 is 2.62 bits per heavy atom. The lowest BCUT2D eigenvalue weighted by Crippen LogP contribution is -2.29. The zero-order valence-corrected chi connectivity index (χ0v) is 17.0. The van der Waals surface area contributed by atoms with Gasteiger partial charge in [-0.15, -0.1) is 0 Å². The number of carbonyl (C=O) groups excluding carboxylic acids is 1. The lowest BCUT2D eigenvalue weighted by Gasteiger charge is -2.10. The molecule has 8 nitrogen and oxygen atoms in total. The molecular weight excluding hydrogens is 401 g/mol. The molecule has 1 aromatic carbocycles. The highest BCUT2D eigenvalue weighted by atomic mass is 32.2. The first-order chi connectivity index (χ1) is 13.6. The zero-order chi connectivity index (χ0) is 21.4. The van der Waals surface area contributed by atoms with Gasteiger partial charge in [-0.2, -0.15) is 8.42 Å². The highest BCUT2D eigenvalue weighted by molar-refractivity contribution is 7.85. The second-order valence-corrected chi connectivity index (χ2v) is 8.29. The zero-order valence-electron chi connectivity index (χ0n) is 16.2. The summed E-state index contributed by atoms with van der Waals surface area (Å²) in [6.07, 6.45) is 2.25. The van der Waals surface area contributed by atoms with Crippen LogP contribution >= 0.6 is 0 Å². The quantitative estimate of drug-likeness (QED) is 0.396. The van der Waals surface area contributed by atoms with Crippen molar-refractivity contribution in [2.45, 2.75) is 26.8 Å². The highest BCUT2D eigenvalue weighted by Crippen LogP contribution is 2.24.